The first-order valence-corrected chi connectivity index (χ1v) is 11.8. The van der Waals surface area contributed by atoms with Crippen LogP contribution in [0, 0.1) is 10.1 Å². The van der Waals surface area contributed by atoms with Crippen molar-refractivity contribution in [2.45, 2.75) is 18.2 Å². The van der Waals surface area contributed by atoms with Gasteiger partial charge in [0.2, 0.25) is 0 Å². The van der Waals surface area contributed by atoms with Crippen LogP contribution in [0.2, 0.25) is 0 Å². The van der Waals surface area contributed by atoms with Gasteiger partial charge in [-0.15, -0.1) is 11.3 Å². The number of aromatic nitrogens is 1. The van der Waals surface area contributed by atoms with Gasteiger partial charge in [0, 0.05) is 17.5 Å². The molecule has 33 heavy (non-hydrogen) atoms. The number of rotatable bonds is 9. The number of hydrogen-bond acceptors (Lipinski definition) is 9. The van der Waals surface area contributed by atoms with E-state index in [0.717, 1.165) is 17.4 Å². The number of benzene rings is 2. The Morgan fingerprint density at radius 1 is 1.18 bits per heavy atom. The number of esters is 1. The number of sulfonamides is 1. The predicted molar refractivity (Wildman–Crippen MR) is 121 cm³/mol. The second kappa shape index (κ2) is 10.2. The molecule has 0 spiro atoms. The summed E-state index contributed by atoms with van der Waals surface area (Å²) in [5.74, 6) is -1.08. The molecule has 2 aromatic carbocycles. The normalized spacial score (nSPS) is 10.9. The van der Waals surface area contributed by atoms with Crippen LogP contribution in [0.1, 0.15) is 23.0 Å². The van der Waals surface area contributed by atoms with Crippen LogP contribution < -0.4 is 10.0 Å². The summed E-state index contributed by atoms with van der Waals surface area (Å²) in [6, 6.07) is 10.4. The zero-order chi connectivity index (χ0) is 24.0. The van der Waals surface area contributed by atoms with Gasteiger partial charge in [-0.1, -0.05) is 18.2 Å². The quantitative estimate of drug-likeness (QED) is 0.263. The lowest BCUT2D eigenvalue weighted by atomic mass is 10.2. The highest BCUT2D eigenvalue weighted by molar-refractivity contribution is 7.92. The van der Waals surface area contributed by atoms with Gasteiger partial charge in [-0.05, 0) is 25.1 Å². The van der Waals surface area contributed by atoms with Gasteiger partial charge in [0.1, 0.15) is 0 Å². The summed E-state index contributed by atoms with van der Waals surface area (Å²) in [6.07, 6.45) is -0.0419. The average Bonchev–Trinajstić information content (AvgIpc) is 3.20. The van der Waals surface area contributed by atoms with Crippen LogP contribution >= 0.6 is 11.3 Å². The van der Waals surface area contributed by atoms with Gasteiger partial charge < -0.3 is 4.74 Å². The number of nitro benzene ring substituents is 1. The molecule has 172 valence electrons. The van der Waals surface area contributed by atoms with Crippen molar-refractivity contribution in [2.24, 2.45) is 0 Å². The molecule has 0 saturated carbocycles. The summed E-state index contributed by atoms with van der Waals surface area (Å²) < 4.78 is 32.7. The third-order valence-electron chi connectivity index (χ3n) is 4.16. The highest BCUT2D eigenvalue weighted by Crippen LogP contribution is 2.24. The van der Waals surface area contributed by atoms with E-state index in [0.29, 0.717) is 5.69 Å². The van der Waals surface area contributed by atoms with Gasteiger partial charge >= 0.3 is 5.97 Å². The van der Waals surface area contributed by atoms with Crippen LogP contribution in [0.3, 0.4) is 0 Å². The molecule has 11 nitrogen and oxygen atoms in total. The van der Waals surface area contributed by atoms with Crippen molar-refractivity contribution < 1.29 is 27.7 Å². The van der Waals surface area contributed by atoms with E-state index in [1.54, 1.807) is 18.4 Å². The number of thiazole rings is 1. The van der Waals surface area contributed by atoms with Crippen LogP contribution in [-0.4, -0.2) is 36.8 Å². The maximum Gasteiger partial charge on any atom is 0.311 e. The van der Waals surface area contributed by atoms with E-state index in [9.17, 15) is 28.1 Å². The zero-order valence-electron chi connectivity index (χ0n) is 17.2. The molecule has 0 saturated heterocycles. The molecule has 1 aromatic heterocycles. The number of anilines is 2. The van der Waals surface area contributed by atoms with E-state index in [1.165, 1.54) is 36.4 Å². The molecule has 3 rings (SSSR count). The van der Waals surface area contributed by atoms with Crippen molar-refractivity contribution in [3.05, 3.63) is 75.3 Å². The Morgan fingerprint density at radius 3 is 2.67 bits per heavy atom. The molecule has 0 unspecified atom stereocenters. The predicted octanol–water partition coefficient (Wildman–Crippen LogP) is 3.21. The van der Waals surface area contributed by atoms with Gasteiger partial charge in [-0.2, -0.15) is 0 Å². The molecule has 1 amide bonds. The summed E-state index contributed by atoms with van der Waals surface area (Å²) in [7, 11) is -4.21. The first-order valence-electron chi connectivity index (χ1n) is 9.47. The maximum absolute atomic E-state index is 12.8. The lowest BCUT2D eigenvalue weighted by molar-refractivity contribution is -0.385. The van der Waals surface area contributed by atoms with Crippen molar-refractivity contribution in [2.75, 3.05) is 16.6 Å². The summed E-state index contributed by atoms with van der Waals surface area (Å²) in [4.78, 5) is 38.4. The molecule has 0 bridgehead atoms. The second-order valence-corrected chi connectivity index (χ2v) is 9.03. The Labute approximate surface area is 192 Å². The number of amides is 1. The van der Waals surface area contributed by atoms with E-state index in [2.05, 4.69) is 15.0 Å². The van der Waals surface area contributed by atoms with Gasteiger partial charge in [0.25, 0.3) is 21.6 Å². The standard InChI is InChI=1S/C20H18N4O7S2/c1-2-31-18(25)10-13-12-32-20(21-13)22-19(26)16-8-3-4-9-17(16)23-33(29,30)15-7-5-6-14(11-15)24(27)28/h3-9,11-12,23H,2,10H2,1H3,(H,21,22,26). The lowest BCUT2D eigenvalue weighted by Gasteiger charge is -2.12. The van der Waals surface area contributed by atoms with Crippen molar-refractivity contribution in [3.8, 4) is 0 Å². The minimum Gasteiger partial charge on any atom is -0.466 e. The second-order valence-electron chi connectivity index (χ2n) is 6.49. The Kier molecular flexibility index (Phi) is 7.35. The maximum atomic E-state index is 12.8. The Morgan fingerprint density at radius 2 is 1.94 bits per heavy atom. The molecule has 2 N–H and O–H groups in total. The van der Waals surface area contributed by atoms with Gasteiger partial charge in [0.05, 0.1) is 39.8 Å². The summed E-state index contributed by atoms with van der Waals surface area (Å²) in [5.41, 5.74) is 0.0261. The van der Waals surface area contributed by atoms with E-state index >= 15 is 0 Å². The van der Waals surface area contributed by atoms with Gasteiger partial charge in [0.15, 0.2) is 5.13 Å². The molecule has 0 atom stereocenters. The number of non-ortho nitro benzene ring substituents is 1. The molecule has 0 radical (unpaired) electrons. The van der Waals surface area contributed by atoms with Crippen molar-refractivity contribution in [1.29, 1.82) is 0 Å². The fourth-order valence-electron chi connectivity index (χ4n) is 2.71. The molecular weight excluding hydrogens is 472 g/mol. The third-order valence-corrected chi connectivity index (χ3v) is 6.33. The number of carbonyl (C=O) groups is 2. The van der Waals surface area contributed by atoms with Crippen molar-refractivity contribution >= 4 is 49.7 Å². The number of nitrogens with zero attached hydrogens (tertiary/aromatic N) is 2. The summed E-state index contributed by atoms with van der Waals surface area (Å²) in [6.45, 7) is 1.94. The monoisotopic (exact) mass is 490 g/mol. The fraction of sp³-hybridized carbons (Fsp3) is 0.150. The number of ether oxygens (including phenoxy) is 1. The van der Waals surface area contributed by atoms with E-state index in [-0.39, 0.29) is 40.0 Å². The van der Waals surface area contributed by atoms with Gasteiger partial charge in [-0.3, -0.25) is 29.7 Å². The molecule has 1 heterocycles. The van der Waals surface area contributed by atoms with Crippen LogP contribution in [0.5, 0.6) is 0 Å². The number of nitrogens with one attached hydrogen (secondary N) is 2. The average molecular weight is 491 g/mol. The smallest absolute Gasteiger partial charge is 0.311 e. The SMILES string of the molecule is CCOC(=O)Cc1csc(NC(=O)c2ccccc2NS(=O)(=O)c2cccc([N+](=O)[O-])c2)n1. The molecule has 3 aromatic rings. The molecule has 0 aliphatic carbocycles. The third kappa shape index (κ3) is 6.11. The molecule has 0 aliphatic rings. The van der Waals surface area contributed by atoms with Gasteiger partial charge in [-0.25, -0.2) is 13.4 Å². The number of para-hydroxylation sites is 1. The van der Waals surface area contributed by atoms with E-state index in [1.807, 2.05) is 0 Å². The zero-order valence-corrected chi connectivity index (χ0v) is 18.8. The highest BCUT2D eigenvalue weighted by atomic mass is 32.2. The van der Waals surface area contributed by atoms with Crippen LogP contribution in [0.4, 0.5) is 16.5 Å². The van der Waals surface area contributed by atoms with Crippen molar-refractivity contribution in [1.82, 2.24) is 4.98 Å². The Balaban J connectivity index is 1.78. The van der Waals surface area contributed by atoms with Crippen LogP contribution in [0.25, 0.3) is 0 Å². The topological polar surface area (TPSA) is 158 Å². The number of hydrogen-bond donors (Lipinski definition) is 2. The van der Waals surface area contributed by atoms with Crippen molar-refractivity contribution in [3.63, 3.8) is 0 Å². The molecule has 0 aliphatic heterocycles. The lowest BCUT2D eigenvalue weighted by Crippen LogP contribution is -2.18. The van der Waals surface area contributed by atoms with E-state index < -0.39 is 26.8 Å². The number of carbonyl (C=O) groups excluding carboxylic acids is 2. The molecule has 0 fully saturated rings. The molecule has 13 heteroatoms. The summed E-state index contributed by atoms with van der Waals surface area (Å²) in [5, 5.41) is 15.3. The van der Waals surface area contributed by atoms with Crippen LogP contribution in [-0.2, 0) is 26.0 Å². The van der Waals surface area contributed by atoms with Crippen LogP contribution in [0.15, 0.2) is 58.8 Å². The fourth-order valence-corrected chi connectivity index (χ4v) is 4.53. The number of nitro groups is 1. The Bertz CT molecular complexity index is 1310. The van der Waals surface area contributed by atoms with E-state index in [4.69, 9.17) is 4.74 Å². The minimum absolute atomic E-state index is 0.00801. The first-order chi connectivity index (χ1) is 15.7. The summed E-state index contributed by atoms with van der Waals surface area (Å²) >= 11 is 1.10. The highest BCUT2D eigenvalue weighted by Gasteiger charge is 2.21. The minimum atomic E-state index is -4.21. The first kappa shape index (κ1) is 23.8. The molecular formula is C20H18N4O7S2. The Hall–Kier alpha value is -3.84. The largest absolute Gasteiger partial charge is 0.466 e.